The number of amides is 3. The zero-order valence-corrected chi connectivity index (χ0v) is 17.4. The highest BCUT2D eigenvalue weighted by Gasteiger charge is 2.66. The lowest BCUT2D eigenvalue weighted by Crippen LogP contribution is -2.39. The van der Waals surface area contributed by atoms with E-state index in [9.17, 15) is 27.6 Å². The summed E-state index contributed by atoms with van der Waals surface area (Å²) in [6.45, 7) is -0.500. The van der Waals surface area contributed by atoms with Crippen LogP contribution in [0.3, 0.4) is 0 Å². The zero-order valence-electron chi connectivity index (χ0n) is 14.2. The summed E-state index contributed by atoms with van der Waals surface area (Å²) in [5.41, 5.74) is -0.934. The van der Waals surface area contributed by atoms with E-state index in [1.165, 1.54) is 12.1 Å². The number of fused-ring (bicyclic) bond motifs is 5. The second-order valence-electron chi connectivity index (χ2n) is 7.39. The molecule has 2 aliphatic carbocycles. The quantitative estimate of drug-likeness (QED) is 0.487. The molecule has 1 N–H and O–H groups in total. The van der Waals surface area contributed by atoms with Crippen LogP contribution >= 0.6 is 31.9 Å². The summed E-state index contributed by atoms with van der Waals surface area (Å²) in [6, 6.07) is 4.21. The Labute approximate surface area is 175 Å². The predicted molar refractivity (Wildman–Crippen MR) is 101 cm³/mol. The first-order chi connectivity index (χ1) is 13.1. The summed E-state index contributed by atoms with van der Waals surface area (Å²) in [5.74, 6) is -2.25. The fraction of sp³-hybridized carbons (Fsp3) is 0.500. The molecule has 5 nitrogen and oxygen atoms in total. The molecule has 1 saturated heterocycles. The number of hydrogen-bond donors (Lipinski definition) is 1. The molecule has 150 valence electrons. The molecule has 3 fully saturated rings. The van der Waals surface area contributed by atoms with Crippen LogP contribution in [0.15, 0.2) is 24.3 Å². The lowest BCUT2D eigenvalue weighted by atomic mass is 9.81. The van der Waals surface area contributed by atoms with Crippen molar-refractivity contribution >= 4 is 55.3 Å². The molecule has 3 amide bonds. The van der Waals surface area contributed by atoms with Crippen LogP contribution in [0.25, 0.3) is 0 Å². The number of rotatable bonds is 3. The van der Waals surface area contributed by atoms with Crippen molar-refractivity contribution in [2.75, 3.05) is 11.9 Å². The SMILES string of the molecule is O=C(CN1C(=O)C2C3CC(C(Br)C3Br)C2C1=O)Nc1cccc(C(F)(F)F)c1. The van der Waals surface area contributed by atoms with E-state index in [0.29, 0.717) is 0 Å². The topological polar surface area (TPSA) is 66.5 Å². The van der Waals surface area contributed by atoms with Crippen molar-refractivity contribution < 1.29 is 27.6 Å². The molecule has 0 aromatic heterocycles. The molecular formula is C18H15Br2F3N2O3. The second kappa shape index (κ2) is 6.83. The van der Waals surface area contributed by atoms with E-state index in [4.69, 9.17) is 0 Å². The number of nitrogens with zero attached hydrogens (tertiary/aromatic N) is 1. The summed E-state index contributed by atoms with van der Waals surface area (Å²) >= 11 is 7.16. The average molecular weight is 524 g/mol. The van der Waals surface area contributed by atoms with Crippen LogP contribution in [-0.2, 0) is 20.6 Å². The van der Waals surface area contributed by atoms with Gasteiger partial charge in [0.15, 0.2) is 0 Å². The Morgan fingerprint density at radius 3 is 2.21 bits per heavy atom. The maximum Gasteiger partial charge on any atom is 0.416 e. The second-order valence-corrected chi connectivity index (χ2v) is 9.51. The Hall–Kier alpha value is -1.42. The van der Waals surface area contributed by atoms with Gasteiger partial charge in [0.25, 0.3) is 0 Å². The van der Waals surface area contributed by atoms with Gasteiger partial charge in [-0.1, -0.05) is 37.9 Å². The number of alkyl halides is 5. The Bertz CT molecular complexity index is 831. The van der Waals surface area contributed by atoms with E-state index in [2.05, 4.69) is 37.2 Å². The molecule has 6 unspecified atom stereocenters. The third kappa shape index (κ3) is 3.08. The molecule has 2 bridgehead atoms. The average Bonchev–Trinajstić information content (AvgIpc) is 3.22. The highest BCUT2D eigenvalue weighted by Crippen LogP contribution is 2.60. The van der Waals surface area contributed by atoms with E-state index >= 15 is 0 Å². The van der Waals surface area contributed by atoms with E-state index in [0.717, 1.165) is 23.5 Å². The fourth-order valence-corrected chi connectivity index (χ4v) is 6.56. The molecule has 28 heavy (non-hydrogen) atoms. The number of imide groups is 1. The molecular weight excluding hydrogens is 509 g/mol. The number of hydrogen-bond acceptors (Lipinski definition) is 3. The summed E-state index contributed by atoms with van der Waals surface area (Å²) < 4.78 is 38.4. The van der Waals surface area contributed by atoms with Crippen molar-refractivity contribution in [2.24, 2.45) is 23.7 Å². The molecule has 3 aliphatic rings. The maximum atomic E-state index is 12.8. The van der Waals surface area contributed by atoms with Crippen molar-refractivity contribution in [1.82, 2.24) is 4.90 Å². The van der Waals surface area contributed by atoms with Gasteiger partial charge >= 0.3 is 6.18 Å². The molecule has 4 rings (SSSR count). The van der Waals surface area contributed by atoms with Crippen LogP contribution in [-0.4, -0.2) is 38.8 Å². The Balaban J connectivity index is 1.46. The van der Waals surface area contributed by atoms with Crippen molar-refractivity contribution in [3.05, 3.63) is 29.8 Å². The van der Waals surface area contributed by atoms with Crippen LogP contribution in [0.4, 0.5) is 18.9 Å². The summed E-state index contributed by atoms with van der Waals surface area (Å²) in [4.78, 5) is 38.9. The monoisotopic (exact) mass is 522 g/mol. The normalized spacial score (nSPS) is 34.1. The van der Waals surface area contributed by atoms with E-state index in [1.807, 2.05) is 0 Å². The molecule has 10 heteroatoms. The zero-order chi connectivity index (χ0) is 20.4. The predicted octanol–water partition coefficient (Wildman–Crippen LogP) is 3.42. The molecule has 6 atom stereocenters. The molecule has 1 heterocycles. The lowest BCUT2D eigenvalue weighted by molar-refractivity contribution is -0.143. The van der Waals surface area contributed by atoms with Crippen LogP contribution in [0.1, 0.15) is 12.0 Å². The molecule has 1 aliphatic heterocycles. The third-order valence-electron chi connectivity index (χ3n) is 5.85. The summed E-state index contributed by atoms with van der Waals surface area (Å²) in [6.07, 6.45) is -3.75. The van der Waals surface area contributed by atoms with Crippen molar-refractivity contribution in [2.45, 2.75) is 22.3 Å². The standard InChI is InChI=1S/C18H15Br2F3N2O3/c19-14-9-5-10(15(14)20)13-12(9)16(27)25(17(13)28)6-11(26)24-8-3-1-2-7(4-8)18(21,22)23/h1-4,9-10,12-15H,5-6H2,(H,24,26). The molecule has 0 spiro atoms. The molecule has 0 radical (unpaired) electrons. The van der Waals surface area contributed by atoms with Crippen molar-refractivity contribution in [3.63, 3.8) is 0 Å². The number of halogens is 5. The van der Waals surface area contributed by atoms with Crippen LogP contribution in [0, 0.1) is 23.7 Å². The minimum atomic E-state index is -4.53. The van der Waals surface area contributed by atoms with Gasteiger partial charge in [0.2, 0.25) is 17.7 Å². The number of likely N-dealkylation sites (tertiary alicyclic amines) is 1. The van der Waals surface area contributed by atoms with Gasteiger partial charge in [-0.3, -0.25) is 19.3 Å². The summed E-state index contributed by atoms with van der Waals surface area (Å²) in [5, 5.41) is 2.34. The van der Waals surface area contributed by atoms with Crippen molar-refractivity contribution in [1.29, 1.82) is 0 Å². The minimum absolute atomic E-state index is 0.0346. The van der Waals surface area contributed by atoms with Crippen LogP contribution < -0.4 is 5.32 Å². The van der Waals surface area contributed by atoms with Gasteiger partial charge in [-0.2, -0.15) is 13.2 Å². The van der Waals surface area contributed by atoms with Crippen LogP contribution in [0.5, 0.6) is 0 Å². The minimum Gasteiger partial charge on any atom is -0.325 e. The lowest BCUT2D eigenvalue weighted by Gasteiger charge is -2.28. The van der Waals surface area contributed by atoms with Gasteiger partial charge < -0.3 is 5.32 Å². The Morgan fingerprint density at radius 2 is 1.68 bits per heavy atom. The molecule has 1 aromatic rings. The highest BCUT2D eigenvalue weighted by molar-refractivity contribution is 9.12. The summed E-state index contributed by atoms with van der Waals surface area (Å²) in [7, 11) is 0. The first kappa shape index (κ1) is 19.9. The van der Waals surface area contributed by atoms with Gasteiger partial charge in [0.05, 0.1) is 17.4 Å². The Morgan fingerprint density at radius 1 is 1.11 bits per heavy atom. The van der Waals surface area contributed by atoms with Gasteiger partial charge in [0, 0.05) is 15.3 Å². The smallest absolute Gasteiger partial charge is 0.325 e. The largest absolute Gasteiger partial charge is 0.416 e. The van der Waals surface area contributed by atoms with Gasteiger partial charge in [-0.05, 0) is 36.5 Å². The number of carbonyl (C=O) groups is 3. The van der Waals surface area contributed by atoms with Crippen LogP contribution in [0.2, 0.25) is 0 Å². The first-order valence-corrected chi connectivity index (χ1v) is 10.5. The first-order valence-electron chi connectivity index (χ1n) is 8.70. The number of benzene rings is 1. The van der Waals surface area contributed by atoms with Gasteiger partial charge in [-0.15, -0.1) is 0 Å². The maximum absolute atomic E-state index is 12.8. The number of nitrogens with one attached hydrogen (secondary N) is 1. The van der Waals surface area contributed by atoms with Crippen molar-refractivity contribution in [3.8, 4) is 0 Å². The van der Waals surface area contributed by atoms with E-state index in [-0.39, 0.29) is 39.0 Å². The third-order valence-corrected chi connectivity index (χ3v) is 9.06. The molecule has 1 aromatic carbocycles. The number of carbonyl (C=O) groups excluding carboxylic acids is 3. The molecule has 2 saturated carbocycles. The van der Waals surface area contributed by atoms with Gasteiger partial charge in [0.1, 0.15) is 6.54 Å². The van der Waals surface area contributed by atoms with Gasteiger partial charge in [-0.25, -0.2) is 0 Å². The van der Waals surface area contributed by atoms with E-state index in [1.54, 1.807) is 0 Å². The van der Waals surface area contributed by atoms with E-state index < -0.39 is 36.0 Å². The number of anilines is 1. The highest BCUT2D eigenvalue weighted by atomic mass is 79.9. The fourth-order valence-electron chi connectivity index (χ4n) is 4.68. The Kier molecular flexibility index (Phi) is 4.85.